The van der Waals surface area contributed by atoms with Crippen molar-refractivity contribution in [3.63, 3.8) is 0 Å². The van der Waals surface area contributed by atoms with Crippen LogP contribution in [0.25, 0.3) is 0 Å². The molecule has 0 atom stereocenters. The molecule has 0 amide bonds. The minimum Gasteiger partial charge on any atom is -0.340 e. The van der Waals surface area contributed by atoms with Crippen molar-refractivity contribution < 1.29 is 8.42 Å². The van der Waals surface area contributed by atoms with Gasteiger partial charge in [-0.05, 0) is 36.4 Å². The van der Waals surface area contributed by atoms with Crippen LogP contribution in [0.1, 0.15) is 13.8 Å². The highest BCUT2D eigenvalue weighted by Crippen LogP contribution is 2.20. The van der Waals surface area contributed by atoms with Crippen LogP contribution in [-0.2, 0) is 10.0 Å². The number of nitrogens with zero attached hydrogens (tertiary/aromatic N) is 2. The zero-order valence-electron chi connectivity index (χ0n) is 12.5. The summed E-state index contributed by atoms with van der Waals surface area (Å²) in [4.78, 5) is 4.39. The molecule has 0 aliphatic heterocycles. The topological polar surface area (TPSA) is 62.3 Å². The Bertz CT molecular complexity index is 711. The number of nitrogens with one attached hydrogen (secondary N) is 1. The second-order valence-electron chi connectivity index (χ2n) is 4.60. The number of halogens is 1. The first kappa shape index (κ1) is 16.9. The molecule has 22 heavy (non-hydrogen) atoms. The lowest BCUT2D eigenvalue weighted by Gasteiger charge is -2.18. The molecular weight excluding hydrogens is 366 g/mol. The first-order chi connectivity index (χ1) is 10.5. The third-order valence-corrected chi connectivity index (χ3v) is 5.76. The van der Waals surface area contributed by atoms with Crippen LogP contribution in [0, 0.1) is 0 Å². The van der Waals surface area contributed by atoms with Gasteiger partial charge in [0.15, 0.2) is 0 Å². The van der Waals surface area contributed by atoms with Gasteiger partial charge in [-0.2, -0.15) is 4.31 Å². The van der Waals surface area contributed by atoms with E-state index in [1.807, 2.05) is 38.1 Å². The van der Waals surface area contributed by atoms with Crippen LogP contribution in [0.4, 0.5) is 11.5 Å². The Morgan fingerprint density at radius 3 is 2.23 bits per heavy atom. The highest BCUT2D eigenvalue weighted by Gasteiger charge is 2.21. The molecule has 7 heteroatoms. The first-order valence-corrected chi connectivity index (χ1v) is 9.19. The lowest BCUT2D eigenvalue weighted by molar-refractivity contribution is 0.445. The molecule has 118 valence electrons. The van der Waals surface area contributed by atoms with E-state index in [1.165, 1.54) is 10.5 Å². The molecule has 1 N–H and O–H groups in total. The van der Waals surface area contributed by atoms with Gasteiger partial charge in [0.25, 0.3) is 0 Å². The number of sulfonamides is 1. The second kappa shape index (κ2) is 7.21. The first-order valence-electron chi connectivity index (χ1n) is 6.96. The smallest absolute Gasteiger partial charge is 0.244 e. The summed E-state index contributed by atoms with van der Waals surface area (Å²) in [6, 6.07) is 10.9. The molecule has 2 aromatic rings. The Morgan fingerprint density at radius 1 is 1.09 bits per heavy atom. The largest absolute Gasteiger partial charge is 0.340 e. The molecule has 1 heterocycles. The summed E-state index contributed by atoms with van der Waals surface area (Å²) in [5.74, 6) is 0.598. The van der Waals surface area contributed by atoms with E-state index >= 15 is 0 Å². The summed E-state index contributed by atoms with van der Waals surface area (Å²) in [5, 5.41) is 3.13. The van der Waals surface area contributed by atoms with Crippen molar-refractivity contribution in [2.24, 2.45) is 0 Å². The zero-order valence-corrected chi connectivity index (χ0v) is 14.9. The third-order valence-electron chi connectivity index (χ3n) is 3.20. The molecule has 2 rings (SSSR count). The van der Waals surface area contributed by atoms with Crippen LogP contribution in [0.5, 0.6) is 0 Å². The van der Waals surface area contributed by atoms with Gasteiger partial charge in [-0.15, -0.1) is 0 Å². The summed E-state index contributed by atoms with van der Waals surface area (Å²) in [5.41, 5.74) is 0.884. The minimum atomic E-state index is -3.46. The van der Waals surface area contributed by atoms with Gasteiger partial charge in [0.2, 0.25) is 10.0 Å². The van der Waals surface area contributed by atoms with E-state index in [0.717, 1.165) is 10.2 Å². The van der Waals surface area contributed by atoms with Crippen molar-refractivity contribution in [3.8, 4) is 0 Å². The van der Waals surface area contributed by atoms with Gasteiger partial charge >= 0.3 is 0 Å². The Labute approximate surface area is 139 Å². The van der Waals surface area contributed by atoms with Gasteiger partial charge in [-0.1, -0.05) is 29.8 Å². The van der Waals surface area contributed by atoms with E-state index in [4.69, 9.17) is 0 Å². The lowest BCUT2D eigenvalue weighted by Crippen LogP contribution is -2.30. The standard InChI is InChI=1S/C15H18BrN3O2S/c1-3-19(4-2)22(20,21)14-9-10-15(17-11-14)18-13-7-5-12(16)6-8-13/h5-11H,3-4H2,1-2H3,(H,17,18). The molecular formula is C15H18BrN3O2S. The Balaban J connectivity index is 2.18. The Kier molecular flexibility index (Phi) is 5.55. The minimum absolute atomic E-state index is 0.206. The summed E-state index contributed by atoms with van der Waals surface area (Å²) >= 11 is 3.37. The van der Waals surface area contributed by atoms with E-state index in [-0.39, 0.29) is 4.90 Å². The molecule has 1 aromatic carbocycles. The van der Waals surface area contributed by atoms with Crippen LogP contribution in [0.3, 0.4) is 0 Å². The van der Waals surface area contributed by atoms with Crippen LogP contribution in [0.2, 0.25) is 0 Å². The third kappa shape index (κ3) is 3.85. The number of hydrogen-bond donors (Lipinski definition) is 1. The van der Waals surface area contributed by atoms with Gasteiger partial charge < -0.3 is 5.32 Å². The van der Waals surface area contributed by atoms with Crippen LogP contribution < -0.4 is 5.32 Å². The fraction of sp³-hybridized carbons (Fsp3) is 0.267. The van der Waals surface area contributed by atoms with Gasteiger partial charge in [-0.3, -0.25) is 0 Å². The van der Waals surface area contributed by atoms with Gasteiger partial charge in [0.05, 0.1) is 0 Å². The number of aromatic nitrogens is 1. The van der Waals surface area contributed by atoms with E-state index < -0.39 is 10.0 Å². The Hall–Kier alpha value is -1.44. The van der Waals surface area contributed by atoms with Crippen LogP contribution in [0.15, 0.2) is 52.0 Å². The van der Waals surface area contributed by atoms with Crippen LogP contribution in [-0.4, -0.2) is 30.8 Å². The average Bonchev–Trinajstić information content (AvgIpc) is 2.51. The molecule has 0 radical (unpaired) electrons. The summed E-state index contributed by atoms with van der Waals surface area (Å²) < 4.78 is 27.1. The maximum atomic E-state index is 12.4. The SMILES string of the molecule is CCN(CC)S(=O)(=O)c1ccc(Nc2ccc(Br)cc2)nc1. The molecule has 5 nitrogen and oxygen atoms in total. The monoisotopic (exact) mass is 383 g/mol. The predicted octanol–water partition coefficient (Wildman–Crippen LogP) is 3.62. The Morgan fingerprint density at radius 2 is 1.73 bits per heavy atom. The van der Waals surface area contributed by atoms with Gasteiger partial charge in [0, 0.05) is 29.4 Å². The van der Waals surface area contributed by atoms with Crippen LogP contribution >= 0.6 is 15.9 Å². The maximum absolute atomic E-state index is 12.4. The normalized spacial score (nSPS) is 11.6. The fourth-order valence-corrected chi connectivity index (χ4v) is 3.67. The zero-order chi connectivity index (χ0) is 16.2. The molecule has 0 saturated heterocycles. The van der Waals surface area contributed by atoms with E-state index in [2.05, 4.69) is 26.2 Å². The molecule has 0 bridgehead atoms. The molecule has 0 fully saturated rings. The molecule has 0 saturated carbocycles. The number of rotatable bonds is 6. The highest BCUT2D eigenvalue weighted by atomic mass is 79.9. The summed E-state index contributed by atoms with van der Waals surface area (Å²) in [6.07, 6.45) is 1.38. The number of hydrogen-bond acceptors (Lipinski definition) is 4. The molecule has 0 spiro atoms. The lowest BCUT2D eigenvalue weighted by atomic mass is 10.3. The molecule has 1 aromatic heterocycles. The molecule has 0 unspecified atom stereocenters. The van der Waals surface area contributed by atoms with Crippen molar-refractivity contribution in [1.82, 2.24) is 9.29 Å². The summed E-state index contributed by atoms with van der Waals surface area (Å²) in [7, 11) is -3.46. The molecule has 0 aliphatic rings. The quantitative estimate of drug-likeness (QED) is 0.827. The van der Waals surface area contributed by atoms with Crippen molar-refractivity contribution in [2.75, 3.05) is 18.4 Å². The number of benzene rings is 1. The van der Waals surface area contributed by atoms with E-state index in [9.17, 15) is 8.42 Å². The van der Waals surface area contributed by atoms with E-state index in [1.54, 1.807) is 12.1 Å². The fourth-order valence-electron chi connectivity index (χ4n) is 2.00. The van der Waals surface area contributed by atoms with Gasteiger partial charge in [-0.25, -0.2) is 13.4 Å². The van der Waals surface area contributed by atoms with Crippen molar-refractivity contribution in [2.45, 2.75) is 18.7 Å². The number of anilines is 2. The molecule has 0 aliphatic carbocycles. The van der Waals surface area contributed by atoms with Crippen molar-refractivity contribution in [1.29, 1.82) is 0 Å². The van der Waals surface area contributed by atoms with Crippen molar-refractivity contribution in [3.05, 3.63) is 47.1 Å². The maximum Gasteiger partial charge on any atom is 0.244 e. The second-order valence-corrected chi connectivity index (χ2v) is 7.45. The van der Waals surface area contributed by atoms with Crippen molar-refractivity contribution >= 4 is 37.5 Å². The highest BCUT2D eigenvalue weighted by molar-refractivity contribution is 9.10. The predicted molar refractivity (Wildman–Crippen MR) is 91.8 cm³/mol. The summed E-state index contributed by atoms with van der Waals surface area (Å²) in [6.45, 7) is 4.52. The number of pyridine rings is 1. The van der Waals surface area contributed by atoms with E-state index in [0.29, 0.717) is 18.9 Å². The van der Waals surface area contributed by atoms with Gasteiger partial charge in [0.1, 0.15) is 10.7 Å². The average molecular weight is 384 g/mol.